The predicted molar refractivity (Wildman–Crippen MR) is 63.8 cm³/mol. The van der Waals surface area contributed by atoms with Gasteiger partial charge in [0.25, 0.3) is 0 Å². The maximum atomic E-state index is 9.55. The van der Waals surface area contributed by atoms with Crippen LogP contribution in [0.3, 0.4) is 0 Å². The molecule has 0 amide bonds. The first-order chi connectivity index (χ1) is 6.84. The molecule has 2 N–H and O–H groups in total. The minimum absolute atomic E-state index is 0.0989. The van der Waals surface area contributed by atoms with Gasteiger partial charge in [-0.2, -0.15) is 11.8 Å². The van der Waals surface area contributed by atoms with Crippen LogP contribution in [0.25, 0.3) is 0 Å². The lowest BCUT2D eigenvalue weighted by Gasteiger charge is -2.12. The van der Waals surface area contributed by atoms with Gasteiger partial charge in [-0.05, 0) is 17.9 Å². The van der Waals surface area contributed by atoms with Crippen molar-refractivity contribution in [2.24, 2.45) is 5.92 Å². The lowest BCUT2D eigenvalue weighted by Crippen LogP contribution is -2.19. The van der Waals surface area contributed by atoms with Crippen molar-refractivity contribution in [1.29, 1.82) is 0 Å². The molecule has 1 saturated heterocycles. The molecule has 3 heteroatoms. The average molecular weight is 217 g/mol. The quantitative estimate of drug-likeness (QED) is 0.639. The molecule has 1 fully saturated rings. The summed E-state index contributed by atoms with van der Waals surface area (Å²) in [5.41, 5.74) is 0. The Bertz CT molecular complexity index is 143. The summed E-state index contributed by atoms with van der Waals surface area (Å²) in [4.78, 5) is 0. The summed E-state index contributed by atoms with van der Waals surface area (Å²) in [7, 11) is 0. The van der Waals surface area contributed by atoms with Crippen molar-refractivity contribution in [3.63, 3.8) is 0 Å². The summed E-state index contributed by atoms with van der Waals surface area (Å²) < 4.78 is 0. The maximum Gasteiger partial charge on any atom is 0.0712 e. The Balaban J connectivity index is 1.88. The first kappa shape index (κ1) is 12.3. The molecule has 1 aliphatic heterocycles. The number of β-amino-alcohol motifs (C(OH)–C–C–N with tert-alkyl or cyclic N) is 1. The number of unbranched alkanes of at least 4 members (excludes halogenated alkanes) is 3. The Labute approximate surface area is 91.9 Å². The SMILES string of the molecule is CCCCCCSC[C@H]1CNC[C@@H]1O. The van der Waals surface area contributed by atoms with Gasteiger partial charge >= 0.3 is 0 Å². The number of hydrogen-bond acceptors (Lipinski definition) is 3. The molecule has 0 aromatic rings. The fraction of sp³-hybridized carbons (Fsp3) is 1.00. The van der Waals surface area contributed by atoms with Gasteiger partial charge in [-0.3, -0.25) is 0 Å². The van der Waals surface area contributed by atoms with Gasteiger partial charge in [0.2, 0.25) is 0 Å². The molecule has 0 spiro atoms. The van der Waals surface area contributed by atoms with Gasteiger partial charge in [0.1, 0.15) is 0 Å². The third-order valence-corrected chi connectivity index (χ3v) is 4.02. The molecule has 1 rings (SSSR count). The molecule has 2 atom stereocenters. The van der Waals surface area contributed by atoms with Gasteiger partial charge in [-0.25, -0.2) is 0 Å². The molecule has 0 aromatic heterocycles. The normalized spacial score (nSPS) is 27.0. The van der Waals surface area contributed by atoms with Gasteiger partial charge < -0.3 is 10.4 Å². The largest absolute Gasteiger partial charge is 0.391 e. The maximum absolute atomic E-state index is 9.55. The summed E-state index contributed by atoms with van der Waals surface area (Å²) in [5, 5.41) is 12.8. The molecular weight excluding hydrogens is 194 g/mol. The van der Waals surface area contributed by atoms with E-state index in [0.717, 1.165) is 18.8 Å². The monoisotopic (exact) mass is 217 g/mol. The van der Waals surface area contributed by atoms with Crippen LogP contribution < -0.4 is 5.32 Å². The fourth-order valence-electron chi connectivity index (χ4n) is 1.75. The van der Waals surface area contributed by atoms with Crippen LogP contribution in [0, 0.1) is 5.92 Å². The third-order valence-electron chi connectivity index (χ3n) is 2.78. The van der Waals surface area contributed by atoms with Crippen LogP contribution in [0.4, 0.5) is 0 Å². The second-order valence-corrected chi connectivity index (χ2v) is 5.27. The number of rotatable bonds is 7. The molecule has 1 heterocycles. The molecule has 0 aromatic carbocycles. The molecule has 0 saturated carbocycles. The van der Waals surface area contributed by atoms with Crippen LogP contribution in [-0.2, 0) is 0 Å². The smallest absolute Gasteiger partial charge is 0.0712 e. The summed E-state index contributed by atoms with van der Waals surface area (Å²) in [6.45, 7) is 4.04. The zero-order chi connectivity index (χ0) is 10.2. The van der Waals surface area contributed by atoms with E-state index in [9.17, 15) is 5.11 Å². The highest BCUT2D eigenvalue weighted by molar-refractivity contribution is 7.99. The van der Waals surface area contributed by atoms with Crippen molar-refractivity contribution in [1.82, 2.24) is 5.32 Å². The Kier molecular flexibility index (Phi) is 6.65. The highest BCUT2D eigenvalue weighted by Gasteiger charge is 2.24. The highest BCUT2D eigenvalue weighted by atomic mass is 32.2. The first-order valence-corrected chi connectivity index (χ1v) is 6.96. The zero-order valence-corrected chi connectivity index (χ0v) is 9.98. The highest BCUT2D eigenvalue weighted by Crippen LogP contribution is 2.17. The van der Waals surface area contributed by atoms with Crippen LogP contribution in [0.15, 0.2) is 0 Å². The molecule has 0 unspecified atom stereocenters. The number of aliphatic hydroxyl groups is 1. The van der Waals surface area contributed by atoms with E-state index in [1.807, 2.05) is 11.8 Å². The number of hydrogen-bond donors (Lipinski definition) is 2. The lowest BCUT2D eigenvalue weighted by atomic mass is 10.1. The van der Waals surface area contributed by atoms with Crippen molar-refractivity contribution >= 4 is 11.8 Å². The van der Waals surface area contributed by atoms with Crippen molar-refractivity contribution < 1.29 is 5.11 Å². The molecule has 2 nitrogen and oxygen atoms in total. The Morgan fingerprint density at radius 3 is 2.79 bits per heavy atom. The molecule has 0 aliphatic carbocycles. The first-order valence-electron chi connectivity index (χ1n) is 5.81. The van der Waals surface area contributed by atoms with Crippen LogP contribution in [-0.4, -0.2) is 35.8 Å². The Hall–Kier alpha value is 0.270. The predicted octanol–water partition coefficient (Wildman–Crippen LogP) is 1.88. The van der Waals surface area contributed by atoms with Crippen LogP contribution in [0.2, 0.25) is 0 Å². The van der Waals surface area contributed by atoms with Crippen LogP contribution >= 0.6 is 11.8 Å². The molecule has 1 aliphatic rings. The van der Waals surface area contributed by atoms with E-state index in [1.165, 1.54) is 31.4 Å². The van der Waals surface area contributed by atoms with E-state index >= 15 is 0 Å². The average Bonchev–Trinajstić information content (AvgIpc) is 2.58. The minimum atomic E-state index is -0.0989. The number of thioether (sulfide) groups is 1. The van der Waals surface area contributed by atoms with Crippen molar-refractivity contribution in [3.8, 4) is 0 Å². The lowest BCUT2D eigenvalue weighted by molar-refractivity contribution is 0.158. The van der Waals surface area contributed by atoms with E-state index < -0.39 is 0 Å². The zero-order valence-electron chi connectivity index (χ0n) is 9.17. The Morgan fingerprint density at radius 2 is 2.14 bits per heavy atom. The fourth-order valence-corrected chi connectivity index (χ4v) is 2.97. The van der Waals surface area contributed by atoms with Crippen LogP contribution in [0.1, 0.15) is 32.6 Å². The second kappa shape index (κ2) is 7.55. The van der Waals surface area contributed by atoms with Gasteiger partial charge in [0, 0.05) is 19.0 Å². The summed E-state index contributed by atoms with van der Waals surface area (Å²) >= 11 is 2.00. The molecule has 14 heavy (non-hydrogen) atoms. The van der Waals surface area contributed by atoms with E-state index in [1.54, 1.807) is 0 Å². The summed E-state index contributed by atoms with van der Waals surface area (Å²) in [5.74, 6) is 2.88. The molecule has 84 valence electrons. The van der Waals surface area contributed by atoms with Crippen LogP contribution in [0.5, 0.6) is 0 Å². The van der Waals surface area contributed by atoms with Crippen molar-refractivity contribution in [2.45, 2.75) is 38.7 Å². The third kappa shape index (κ3) is 4.67. The summed E-state index contributed by atoms with van der Waals surface area (Å²) in [6, 6.07) is 0. The van der Waals surface area contributed by atoms with Crippen molar-refractivity contribution in [2.75, 3.05) is 24.6 Å². The van der Waals surface area contributed by atoms with Gasteiger partial charge in [-0.15, -0.1) is 0 Å². The standard InChI is InChI=1S/C11H23NOS/c1-2-3-4-5-6-14-9-10-7-12-8-11(10)13/h10-13H,2-9H2,1H3/t10-,11+/m1/s1. The van der Waals surface area contributed by atoms with E-state index in [2.05, 4.69) is 12.2 Å². The van der Waals surface area contributed by atoms with Gasteiger partial charge in [-0.1, -0.05) is 26.2 Å². The topological polar surface area (TPSA) is 32.3 Å². The molecule has 0 radical (unpaired) electrons. The number of aliphatic hydroxyl groups excluding tert-OH is 1. The van der Waals surface area contributed by atoms with E-state index in [-0.39, 0.29) is 6.10 Å². The van der Waals surface area contributed by atoms with E-state index in [0.29, 0.717) is 5.92 Å². The minimum Gasteiger partial charge on any atom is -0.391 e. The molecule has 0 bridgehead atoms. The van der Waals surface area contributed by atoms with Crippen molar-refractivity contribution in [3.05, 3.63) is 0 Å². The van der Waals surface area contributed by atoms with Gasteiger partial charge in [0.05, 0.1) is 6.10 Å². The second-order valence-electron chi connectivity index (χ2n) is 4.12. The summed E-state index contributed by atoms with van der Waals surface area (Å²) in [6.07, 6.45) is 5.30. The number of nitrogens with one attached hydrogen (secondary N) is 1. The van der Waals surface area contributed by atoms with E-state index in [4.69, 9.17) is 0 Å². The molecular formula is C11H23NOS. The Morgan fingerprint density at radius 1 is 1.29 bits per heavy atom. The van der Waals surface area contributed by atoms with Gasteiger partial charge in [0.15, 0.2) is 0 Å².